The second kappa shape index (κ2) is 4.47. The average Bonchev–Trinajstić information content (AvgIpc) is 2.79. The van der Waals surface area contributed by atoms with Gasteiger partial charge >= 0.3 is 0 Å². The van der Waals surface area contributed by atoms with Gasteiger partial charge in [0.1, 0.15) is 16.3 Å². The van der Waals surface area contributed by atoms with Crippen LogP contribution in [0.3, 0.4) is 0 Å². The van der Waals surface area contributed by atoms with Gasteiger partial charge in [-0.05, 0) is 25.1 Å². The molecule has 5 heteroatoms. The Hall–Kier alpha value is -0.653. The lowest BCUT2D eigenvalue weighted by molar-refractivity contribution is 0.274. The van der Waals surface area contributed by atoms with Crippen molar-refractivity contribution in [2.24, 2.45) is 0 Å². The lowest BCUT2D eigenvalue weighted by Crippen LogP contribution is -2.40. The minimum atomic E-state index is -1.69. The first-order chi connectivity index (χ1) is 8.22. The largest absolute Gasteiger partial charge is 0.411 e. The molecule has 3 nitrogen and oxygen atoms in total. The van der Waals surface area contributed by atoms with Gasteiger partial charge in [-0.2, -0.15) is 0 Å². The predicted molar refractivity (Wildman–Crippen MR) is 79.8 cm³/mol. The molecule has 0 aliphatic heterocycles. The fraction of sp³-hybridized carbons (Fsp3) is 0.615. The molecule has 0 amide bonds. The number of fused-ring (bicyclic) bond motifs is 1. The third-order valence-corrected chi connectivity index (χ3v) is 9.27. The molecule has 0 aliphatic carbocycles. The molecule has 0 aromatic carbocycles. The number of hydrogen-bond donors (Lipinski definition) is 0. The molecule has 18 heavy (non-hydrogen) atoms. The van der Waals surface area contributed by atoms with Crippen molar-refractivity contribution < 1.29 is 4.43 Å². The summed E-state index contributed by atoms with van der Waals surface area (Å²) in [4.78, 5) is 5.82. The number of aromatic nitrogens is 2. The molecule has 0 bridgehead atoms. The summed E-state index contributed by atoms with van der Waals surface area (Å²) in [7, 11) is -1.69. The van der Waals surface area contributed by atoms with Crippen LogP contribution in [0.15, 0.2) is 11.6 Å². The molecule has 0 spiro atoms. The molecule has 0 unspecified atom stereocenters. The zero-order valence-electron chi connectivity index (χ0n) is 12.1. The molecule has 0 N–H and O–H groups in total. The molecule has 2 aromatic rings. The smallest absolute Gasteiger partial charge is 0.192 e. The number of rotatable bonds is 3. The number of hydrogen-bond acceptors (Lipinski definition) is 3. The molecule has 0 fully saturated rings. The fourth-order valence-electron chi connectivity index (χ4n) is 1.60. The van der Waals surface area contributed by atoms with Gasteiger partial charge in [0.15, 0.2) is 8.32 Å². The average molecular weight is 282 g/mol. The minimum absolute atomic E-state index is 0.246. The predicted octanol–water partition coefficient (Wildman–Crippen LogP) is 4.23. The summed E-state index contributed by atoms with van der Waals surface area (Å²) in [6.07, 6.45) is 2.07. The summed E-state index contributed by atoms with van der Waals surface area (Å²) in [6, 6.07) is 0. The summed E-state index contributed by atoms with van der Waals surface area (Å²) in [5, 5.41) is 2.34. The highest BCUT2D eigenvalue weighted by atomic mass is 32.1. The molecule has 0 aliphatic rings. The first-order valence-electron chi connectivity index (χ1n) is 6.27. The van der Waals surface area contributed by atoms with Crippen molar-refractivity contribution in [1.82, 2.24) is 9.38 Å². The number of nitrogens with zero attached hydrogens (tertiary/aromatic N) is 2. The van der Waals surface area contributed by atoms with Crippen molar-refractivity contribution in [2.75, 3.05) is 0 Å². The van der Waals surface area contributed by atoms with Crippen LogP contribution in [0, 0.1) is 6.92 Å². The number of thiazole rings is 1. The highest BCUT2D eigenvalue weighted by molar-refractivity contribution is 7.15. The van der Waals surface area contributed by atoms with Crippen molar-refractivity contribution in [3.63, 3.8) is 0 Å². The Kier molecular flexibility index (Phi) is 3.42. The third-order valence-electron chi connectivity index (χ3n) is 3.88. The minimum Gasteiger partial charge on any atom is -0.411 e. The summed E-state index contributed by atoms with van der Waals surface area (Å²) < 4.78 is 8.37. The van der Waals surface area contributed by atoms with E-state index in [0.717, 1.165) is 11.5 Å². The molecule has 0 saturated carbocycles. The lowest BCUT2D eigenvalue weighted by Gasteiger charge is -2.35. The maximum Gasteiger partial charge on any atom is 0.192 e. The van der Waals surface area contributed by atoms with Crippen molar-refractivity contribution in [3.05, 3.63) is 23.1 Å². The highest BCUT2D eigenvalue weighted by Gasteiger charge is 2.37. The molecular weight excluding hydrogens is 260 g/mol. The summed E-state index contributed by atoms with van der Waals surface area (Å²) in [5.74, 6) is 1.04. The van der Waals surface area contributed by atoms with Crippen LogP contribution in [0.4, 0.5) is 0 Å². The Bertz CT molecular complexity index is 551. The molecule has 0 radical (unpaired) electrons. The van der Waals surface area contributed by atoms with Crippen LogP contribution in [-0.4, -0.2) is 17.7 Å². The van der Waals surface area contributed by atoms with E-state index >= 15 is 0 Å². The van der Waals surface area contributed by atoms with Gasteiger partial charge in [0.2, 0.25) is 0 Å². The van der Waals surface area contributed by atoms with E-state index in [-0.39, 0.29) is 5.04 Å². The normalized spacial score (nSPS) is 13.4. The van der Waals surface area contributed by atoms with Crippen LogP contribution in [-0.2, 0) is 11.0 Å². The van der Waals surface area contributed by atoms with Gasteiger partial charge in [0, 0.05) is 11.6 Å². The SMILES string of the molecule is Cc1nc(CO[Si](C)(C)C(C)(C)C)c2sccn12. The van der Waals surface area contributed by atoms with E-state index < -0.39 is 8.32 Å². The summed E-state index contributed by atoms with van der Waals surface area (Å²) in [5.41, 5.74) is 1.08. The summed E-state index contributed by atoms with van der Waals surface area (Å²) >= 11 is 1.73. The van der Waals surface area contributed by atoms with E-state index in [1.807, 2.05) is 6.92 Å². The maximum atomic E-state index is 6.24. The van der Waals surface area contributed by atoms with Gasteiger partial charge in [-0.15, -0.1) is 11.3 Å². The topological polar surface area (TPSA) is 26.5 Å². The van der Waals surface area contributed by atoms with Crippen LogP contribution in [0.5, 0.6) is 0 Å². The maximum absolute atomic E-state index is 6.24. The van der Waals surface area contributed by atoms with Crippen LogP contribution in [0.25, 0.3) is 4.83 Å². The molecule has 2 aromatic heterocycles. The van der Waals surface area contributed by atoms with Gasteiger partial charge < -0.3 is 4.43 Å². The molecule has 2 heterocycles. The van der Waals surface area contributed by atoms with Gasteiger partial charge in [-0.1, -0.05) is 20.8 Å². The van der Waals surface area contributed by atoms with Gasteiger partial charge in [0.05, 0.1) is 6.61 Å². The first-order valence-corrected chi connectivity index (χ1v) is 10.1. The molecule has 2 rings (SSSR count). The number of imidazole rings is 1. The third kappa shape index (κ3) is 2.39. The van der Waals surface area contributed by atoms with Crippen molar-refractivity contribution in [2.45, 2.75) is 52.4 Å². The molecular formula is C13H22N2OSSi. The highest BCUT2D eigenvalue weighted by Crippen LogP contribution is 2.37. The van der Waals surface area contributed by atoms with E-state index in [4.69, 9.17) is 4.43 Å². The van der Waals surface area contributed by atoms with E-state index in [1.165, 1.54) is 4.83 Å². The van der Waals surface area contributed by atoms with E-state index in [1.54, 1.807) is 11.3 Å². The lowest BCUT2D eigenvalue weighted by atomic mass is 10.2. The second-order valence-electron chi connectivity index (χ2n) is 6.23. The van der Waals surface area contributed by atoms with Gasteiger partial charge in [-0.25, -0.2) is 4.98 Å². The quantitative estimate of drug-likeness (QED) is 0.788. The van der Waals surface area contributed by atoms with Crippen LogP contribution in [0.1, 0.15) is 32.3 Å². The molecule has 0 atom stereocenters. The van der Waals surface area contributed by atoms with E-state index in [0.29, 0.717) is 6.61 Å². The Morgan fingerprint density at radius 3 is 2.67 bits per heavy atom. The van der Waals surface area contributed by atoms with E-state index in [9.17, 15) is 0 Å². The zero-order valence-corrected chi connectivity index (χ0v) is 13.9. The molecule has 0 saturated heterocycles. The zero-order chi connectivity index (χ0) is 13.6. The number of aryl methyl sites for hydroxylation is 1. The molecule has 100 valence electrons. The Morgan fingerprint density at radius 2 is 2.06 bits per heavy atom. The fourth-order valence-corrected chi connectivity index (χ4v) is 3.39. The first kappa shape index (κ1) is 13.8. The van der Waals surface area contributed by atoms with Crippen molar-refractivity contribution in [1.29, 1.82) is 0 Å². The van der Waals surface area contributed by atoms with Crippen LogP contribution in [0.2, 0.25) is 18.1 Å². The van der Waals surface area contributed by atoms with Crippen LogP contribution >= 0.6 is 11.3 Å². The van der Waals surface area contributed by atoms with E-state index in [2.05, 4.69) is 54.8 Å². The van der Waals surface area contributed by atoms with Gasteiger partial charge in [-0.3, -0.25) is 4.40 Å². The van der Waals surface area contributed by atoms with Crippen LogP contribution < -0.4 is 0 Å². The monoisotopic (exact) mass is 282 g/mol. The Balaban J connectivity index is 2.18. The van der Waals surface area contributed by atoms with Crippen molar-refractivity contribution in [3.8, 4) is 0 Å². The Morgan fingerprint density at radius 1 is 1.39 bits per heavy atom. The standard InChI is InChI=1S/C13H22N2OSSi/c1-10-14-11(12-15(10)7-8-17-12)9-16-18(5,6)13(2,3)4/h7-8H,9H2,1-6H3. The van der Waals surface area contributed by atoms with Crippen molar-refractivity contribution >= 4 is 24.5 Å². The second-order valence-corrected chi connectivity index (χ2v) is 11.9. The Labute approximate surface area is 114 Å². The summed E-state index contributed by atoms with van der Waals surface area (Å²) in [6.45, 7) is 14.0. The van der Waals surface area contributed by atoms with Gasteiger partial charge in [0.25, 0.3) is 0 Å².